The molecule has 3 amide bonds. The second-order valence-electron chi connectivity index (χ2n) is 8.76. The number of nitrogens with zero attached hydrogens (tertiary/aromatic N) is 1. The van der Waals surface area contributed by atoms with Crippen molar-refractivity contribution in [3.05, 3.63) is 104 Å². The number of ether oxygens (including phenoxy) is 2. The van der Waals surface area contributed by atoms with Crippen LogP contribution in [0.2, 0.25) is 5.02 Å². The average Bonchev–Trinajstić information content (AvgIpc) is 3.20. The molecule has 0 atom stereocenters. The number of amides is 3. The Morgan fingerprint density at radius 3 is 2.60 bits per heavy atom. The molecule has 0 saturated carbocycles. The third-order valence-electron chi connectivity index (χ3n) is 6.12. The standard InChI is InChI=1S/C30H22BrClN2O5S/c1-38-25-14-18(13-22(31)28(25)39-17-20-8-3-5-11-23(20)32)15-26-29(36)34(30(37)40-26)16-27(35)33-24-12-6-9-19-7-2-4-10-21(19)24/h2-15H,16-17H2,1H3,(H,33,35)/b26-15+. The Hall–Kier alpha value is -3.79. The van der Waals surface area contributed by atoms with Crippen molar-refractivity contribution in [1.29, 1.82) is 0 Å². The van der Waals surface area contributed by atoms with E-state index in [2.05, 4.69) is 21.2 Å². The Morgan fingerprint density at radius 2 is 1.80 bits per heavy atom. The van der Waals surface area contributed by atoms with Gasteiger partial charge in [0.1, 0.15) is 13.2 Å². The molecule has 1 N–H and O–H groups in total. The number of thioether (sulfide) groups is 1. The summed E-state index contributed by atoms with van der Waals surface area (Å²) in [5, 5.41) is 4.73. The van der Waals surface area contributed by atoms with Gasteiger partial charge in [-0.2, -0.15) is 0 Å². The fourth-order valence-electron chi connectivity index (χ4n) is 4.18. The molecule has 0 aliphatic carbocycles. The van der Waals surface area contributed by atoms with Gasteiger partial charge in [0, 0.05) is 21.7 Å². The van der Waals surface area contributed by atoms with E-state index in [1.165, 1.54) is 7.11 Å². The summed E-state index contributed by atoms with van der Waals surface area (Å²) in [6.45, 7) is -0.166. The third kappa shape index (κ3) is 6.01. The van der Waals surface area contributed by atoms with Crippen molar-refractivity contribution in [2.45, 2.75) is 6.61 Å². The number of carbonyl (C=O) groups excluding carboxylic acids is 3. The highest BCUT2D eigenvalue weighted by Crippen LogP contribution is 2.40. The van der Waals surface area contributed by atoms with Crippen LogP contribution in [0.1, 0.15) is 11.1 Å². The Morgan fingerprint density at radius 1 is 1.05 bits per heavy atom. The van der Waals surface area contributed by atoms with E-state index >= 15 is 0 Å². The molecule has 202 valence electrons. The number of rotatable bonds is 8. The molecule has 0 aromatic heterocycles. The predicted octanol–water partition coefficient (Wildman–Crippen LogP) is 7.52. The number of benzene rings is 4. The molecule has 0 unspecified atom stereocenters. The first-order valence-electron chi connectivity index (χ1n) is 12.1. The monoisotopic (exact) mass is 636 g/mol. The van der Waals surface area contributed by atoms with Crippen molar-refractivity contribution in [2.75, 3.05) is 19.0 Å². The van der Waals surface area contributed by atoms with Crippen molar-refractivity contribution < 1.29 is 23.9 Å². The molecule has 0 bridgehead atoms. The summed E-state index contributed by atoms with van der Waals surface area (Å²) in [5.74, 6) is -0.110. The lowest BCUT2D eigenvalue weighted by molar-refractivity contribution is -0.127. The van der Waals surface area contributed by atoms with Crippen LogP contribution >= 0.6 is 39.3 Å². The maximum atomic E-state index is 13.1. The number of anilines is 1. The topological polar surface area (TPSA) is 84.9 Å². The van der Waals surface area contributed by atoms with Crippen molar-refractivity contribution in [3.63, 3.8) is 0 Å². The number of imide groups is 1. The summed E-state index contributed by atoms with van der Waals surface area (Å²) < 4.78 is 12.1. The zero-order valence-electron chi connectivity index (χ0n) is 21.1. The van der Waals surface area contributed by atoms with Crippen LogP contribution in [0.5, 0.6) is 11.5 Å². The van der Waals surface area contributed by atoms with Gasteiger partial charge in [0.05, 0.1) is 16.5 Å². The summed E-state index contributed by atoms with van der Waals surface area (Å²) >= 11 is 10.5. The molecule has 5 rings (SSSR count). The number of hydrogen-bond acceptors (Lipinski definition) is 6. The number of carbonyl (C=O) groups is 3. The summed E-state index contributed by atoms with van der Waals surface area (Å²) in [6.07, 6.45) is 1.58. The first-order valence-corrected chi connectivity index (χ1v) is 14.1. The smallest absolute Gasteiger partial charge is 0.294 e. The predicted molar refractivity (Wildman–Crippen MR) is 162 cm³/mol. The molecule has 0 spiro atoms. The number of fused-ring (bicyclic) bond motifs is 1. The summed E-state index contributed by atoms with van der Waals surface area (Å²) in [6, 6.07) is 24.0. The first kappa shape index (κ1) is 27.8. The van der Waals surface area contributed by atoms with Gasteiger partial charge in [-0.05, 0) is 69.0 Å². The minimum absolute atomic E-state index is 0.196. The van der Waals surface area contributed by atoms with Crippen molar-refractivity contribution >= 4 is 78.9 Å². The van der Waals surface area contributed by atoms with Gasteiger partial charge in [-0.15, -0.1) is 0 Å². The SMILES string of the molecule is COc1cc(/C=C2/SC(=O)N(CC(=O)Nc3cccc4ccccc34)C2=O)cc(Br)c1OCc1ccccc1Cl. The van der Waals surface area contributed by atoms with Crippen LogP contribution in [-0.4, -0.2) is 35.6 Å². The molecule has 10 heteroatoms. The van der Waals surface area contributed by atoms with E-state index in [4.69, 9.17) is 21.1 Å². The molecular formula is C30H22BrClN2O5S. The van der Waals surface area contributed by atoms with Crippen molar-refractivity contribution in [3.8, 4) is 11.5 Å². The summed E-state index contributed by atoms with van der Waals surface area (Å²) in [7, 11) is 1.51. The van der Waals surface area contributed by atoms with Crippen LogP contribution in [0.3, 0.4) is 0 Å². The second kappa shape index (κ2) is 12.2. The van der Waals surface area contributed by atoms with E-state index in [1.54, 1.807) is 30.3 Å². The Bertz CT molecular complexity index is 1670. The fraction of sp³-hybridized carbons (Fsp3) is 0.100. The number of methoxy groups -OCH3 is 1. The highest BCUT2D eigenvalue weighted by Gasteiger charge is 2.36. The minimum atomic E-state index is -0.544. The molecule has 1 aliphatic heterocycles. The van der Waals surface area contributed by atoms with Crippen molar-refractivity contribution in [2.24, 2.45) is 0 Å². The summed E-state index contributed by atoms with van der Waals surface area (Å²) in [5.41, 5.74) is 2.04. The molecule has 1 fully saturated rings. The second-order valence-corrected chi connectivity index (χ2v) is 11.0. The van der Waals surface area contributed by atoms with Gasteiger partial charge in [-0.3, -0.25) is 19.3 Å². The minimum Gasteiger partial charge on any atom is -0.493 e. The van der Waals surface area contributed by atoms with E-state index in [-0.39, 0.29) is 11.5 Å². The highest BCUT2D eigenvalue weighted by atomic mass is 79.9. The normalized spacial score (nSPS) is 14.2. The maximum Gasteiger partial charge on any atom is 0.294 e. The van der Waals surface area contributed by atoms with E-state index in [0.29, 0.717) is 32.2 Å². The quantitative estimate of drug-likeness (QED) is 0.201. The van der Waals surface area contributed by atoms with E-state index < -0.39 is 23.6 Å². The van der Waals surface area contributed by atoms with Gasteiger partial charge in [0.2, 0.25) is 5.91 Å². The lowest BCUT2D eigenvalue weighted by atomic mass is 10.1. The molecule has 4 aromatic rings. The zero-order chi connectivity index (χ0) is 28.2. The third-order valence-corrected chi connectivity index (χ3v) is 7.98. The number of nitrogens with one attached hydrogen (secondary N) is 1. The van der Waals surface area contributed by atoms with Gasteiger partial charge in [-0.25, -0.2) is 0 Å². The van der Waals surface area contributed by atoms with Gasteiger partial charge >= 0.3 is 0 Å². The Labute approximate surface area is 248 Å². The van der Waals surface area contributed by atoms with Crippen LogP contribution in [0.4, 0.5) is 10.5 Å². The van der Waals surface area contributed by atoms with Gasteiger partial charge < -0.3 is 14.8 Å². The molecular weight excluding hydrogens is 616 g/mol. The van der Waals surface area contributed by atoms with Crippen molar-refractivity contribution in [1.82, 2.24) is 4.90 Å². The zero-order valence-corrected chi connectivity index (χ0v) is 24.3. The lowest BCUT2D eigenvalue weighted by Gasteiger charge is -2.14. The van der Waals surface area contributed by atoms with Gasteiger partial charge in [0.15, 0.2) is 11.5 Å². The summed E-state index contributed by atoms with van der Waals surface area (Å²) in [4.78, 5) is 39.7. The lowest BCUT2D eigenvalue weighted by Crippen LogP contribution is -2.36. The molecule has 1 saturated heterocycles. The van der Waals surface area contributed by atoms with Crippen LogP contribution in [0.25, 0.3) is 16.8 Å². The Balaban J connectivity index is 1.30. The van der Waals surface area contributed by atoms with E-state index in [9.17, 15) is 14.4 Å². The molecule has 1 aliphatic rings. The molecule has 40 heavy (non-hydrogen) atoms. The molecule has 7 nitrogen and oxygen atoms in total. The number of hydrogen-bond donors (Lipinski definition) is 1. The fourth-order valence-corrected chi connectivity index (χ4v) is 5.79. The van der Waals surface area contributed by atoms with Crippen LogP contribution < -0.4 is 14.8 Å². The largest absolute Gasteiger partial charge is 0.493 e. The van der Waals surface area contributed by atoms with Gasteiger partial charge in [-0.1, -0.05) is 66.2 Å². The first-order chi connectivity index (χ1) is 19.3. The highest BCUT2D eigenvalue weighted by molar-refractivity contribution is 9.10. The maximum absolute atomic E-state index is 13.1. The molecule has 4 aromatic carbocycles. The van der Waals surface area contributed by atoms with Crippen LogP contribution in [0, 0.1) is 0 Å². The van der Waals surface area contributed by atoms with E-state index in [1.807, 2.05) is 54.6 Å². The van der Waals surface area contributed by atoms with Crippen LogP contribution in [-0.2, 0) is 16.2 Å². The molecule has 1 heterocycles. The van der Waals surface area contributed by atoms with Crippen LogP contribution in [0.15, 0.2) is 88.2 Å². The molecule has 0 radical (unpaired) electrons. The van der Waals surface area contributed by atoms with Gasteiger partial charge in [0.25, 0.3) is 11.1 Å². The average molecular weight is 638 g/mol. The number of halogens is 2. The Kier molecular flexibility index (Phi) is 8.44. The van der Waals surface area contributed by atoms with E-state index in [0.717, 1.165) is 33.0 Å².